The Labute approximate surface area is 181 Å². The topological polar surface area (TPSA) is 49.6 Å². The fourth-order valence-corrected chi connectivity index (χ4v) is 4.25. The molecule has 1 aliphatic rings. The van der Waals surface area contributed by atoms with Crippen LogP contribution in [0.5, 0.6) is 0 Å². The summed E-state index contributed by atoms with van der Waals surface area (Å²) in [4.78, 5) is 14.0. The normalized spacial score (nSPS) is 14.4. The minimum Gasteiger partial charge on any atom is -0.353 e. The maximum absolute atomic E-state index is 13.5. The third-order valence-electron chi connectivity index (χ3n) is 5.82. The van der Waals surface area contributed by atoms with Crippen molar-refractivity contribution in [3.8, 4) is 11.1 Å². The van der Waals surface area contributed by atoms with Crippen LogP contribution in [-0.4, -0.2) is 45.8 Å². The summed E-state index contributed by atoms with van der Waals surface area (Å²) < 4.78 is 15.5. The molecular formula is C24H25FN6. The van der Waals surface area contributed by atoms with Crippen molar-refractivity contribution in [3.05, 3.63) is 71.9 Å². The van der Waals surface area contributed by atoms with Crippen LogP contribution >= 0.6 is 0 Å². The van der Waals surface area contributed by atoms with Gasteiger partial charge in [0.25, 0.3) is 0 Å². The number of fused-ring (bicyclic) bond motifs is 1. The average molecular weight is 417 g/mol. The average Bonchev–Trinajstić information content (AvgIpc) is 3.18. The second kappa shape index (κ2) is 7.98. The van der Waals surface area contributed by atoms with E-state index >= 15 is 0 Å². The highest BCUT2D eigenvalue weighted by atomic mass is 19.1. The molecule has 0 atom stereocenters. The van der Waals surface area contributed by atoms with E-state index in [0.717, 1.165) is 72.4 Å². The number of pyridine rings is 1. The van der Waals surface area contributed by atoms with Crippen molar-refractivity contribution in [2.24, 2.45) is 0 Å². The van der Waals surface area contributed by atoms with Gasteiger partial charge in [0, 0.05) is 49.7 Å². The zero-order chi connectivity index (χ0) is 21.4. The molecule has 3 aromatic heterocycles. The Hall–Kier alpha value is -3.48. The number of hydrogen-bond acceptors (Lipinski definition) is 5. The van der Waals surface area contributed by atoms with Crippen molar-refractivity contribution in [2.75, 3.05) is 36.0 Å². The molecule has 7 heteroatoms. The van der Waals surface area contributed by atoms with Gasteiger partial charge in [-0.05, 0) is 43.2 Å². The zero-order valence-electron chi connectivity index (χ0n) is 17.8. The van der Waals surface area contributed by atoms with E-state index in [-0.39, 0.29) is 5.82 Å². The first-order chi connectivity index (χ1) is 15.1. The lowest BCUT2D eigenvalue weighted by molar-refractivity contribution is 0.628. The van der Waals surface area contributed by atoms with Gasteiger partial charge in [-0.1, -0.05) is 25.1 Å². The van der Waals surface area contributed by atoms with E-state index in [4.69, 9.17) is 10.1 Å². The monoisotopic (exact) mass is 416 g/mol. The Bertz CT molecular complexity index is 1190. The molecule has 0 saturated carbocycles. The van der Waals surface area contributed by atoms with Gasteiger partial charge in [0.15, 0.2) is 5.65 Å². The molecule has 31 heavy (non-hydrogen) atoms. The number of rotatable bonds is 4. The third-order valence-corrected chi connectivity index (χ3v) is 5.82. The van der Waals surface area contributed by atoms with Crippen LogP contribution in [0, 0.1) is 12.7 Å². The molecular weight excluding hydrogens is 391 g/mol. The molecule has 1 saturated heterocycles. The van der Waals surface area contributed by atoms with Crippen LogP contribution in [0.4, 0.5) is 16.0 Å². The number of nitrogens with zero attached hydrogens (tertiary/aromatic N) is 6. The second-order valence-corrected chi connectivity index (χ2v) is 7.84. The van der Waals surface area contributed by atoms with E-state index in [9.17, 15) is 4.39 Å². The van der Waals surface area contributed by atoms with Gasteiger partial charge >= 0.3 is 0 Å². The van der Waals surface area contributed by atoms with Crippen molar-refractivity contribution >= 4 is 17.3 Å². The lowest BCUT2D eigenvalue weighted by Crippen LogP contribution is -2.47. The van der Waals surface area contributed by atoms with Gasteiger partial charge < -0.3 is 9.80 Å². The first kappa shape index (κ1) is 19.5. The Morgan fingerprint density at radius 1 is 0.968 bits per heavy atom. The van der Waals surface area contributed by atoms with E-state index in [2.05, 4.69) is 33.8 Å². The maximum atomic E-state index is 13.5. The predicted molar refractivity (Wildman–Crippen MR) is 121 cm³/mol. The molecule has 6 nitrogen and oxygen atoms in total. The Kier molecular flexibility index (Phi) is 5.02. The molecule has 0 unspecified atom stereocenters. The highest BCUT2D eigenvalue weighted by Crippen LogP contribution is 2.31. The molecule has 0 radical (unpaired) electrons. The minimum absolute atomic E-state index is 0.242. The van der Waals surface area contributed by atoms with Crippen molar-refractivity contribution < 1.29 is 4.39 Å². The van der Waals surface area contributed by atoms with Gasteiger partial charge in [-0.25, -0.2) is 14.4 Å². The Balaban J connectivity index is 1.52. The SMILES string of the molecule is CCc1nn2c(N3CCN(c4ccccn4)CC3)cc(C)nc2c1-c1ccc(F)cc1. The molecule has 0 bridgehead atoms. The summed E-state index contributed by atoms with van der Waals surface area (Å²) in [7, 11) is 0. The standard InChI is InChI=1S/C24H25FN6/c1-3-20-23(18-7-9-19(25)10-8-18)24-27-17(2)16-22(31(24)28-20)30-14-12-29(13-15-30)21-6-4-5-11-26-21/h4-11,16H,3,12-15H2,1-2H3. The van der Waals surface area contributed by atoms with Crippen molar-refractivity contribution in [2.45, 2.75) is 20.3 Å². The van der Waals surface area contributed by atoms with Gasteiger partial charge in [0.1, 0.15) is 17.5 Å². The van der Waals surface area contributed by atoms with Gasteiger partial charge in [-0.15, -0.1) is 0 Å². The smallest absolute Gasteiger partial charge is 0.165 e. The first-order valence-electron chi connectivity index (χ1n) is 10.7. The summed E-state index contributed by atoms with van der Waals surface area (Å²) in [5.41, 5.74) is 4.67. The molecule has 1 fully saturated rings. The molecule has 4 heterocycles. The molecule has 5 rings (SSSR count). The zero-order valence-corrected chi connectivity index (χ0v) is 17.8. The fourth-order valence-electron chi connectivity index (χ4n) is 4.25. The van der Waals surface area contributed by atoms with Crippen molar-refractivity contribution in [3.63, 3.8) is 0 Å². The Morgan fingerprint density at radius 2 is 1.71 bits per heavy atom. The van der Waals surface area contributed by atoms with Crippen LogP contribution in [0.1, 0.15) is 18.3 Å². The Morgan fingerprint density at radius 3 is 2.39 bits per heavy atom. The lowest BCUT2D eigenvalue weighted by Gasteiger charge is -2.36. The maximum Gasteiger partial charge on any atom is 0.165 e. The number of aromatic nitrogens is 4. The molecule has 1 aromatic carbocycles. The summed E-state index contributed by atoms with van der Waals surface area (Å²) in [6.07, 6.45) is 2.62. The van der Waals surface area contributed by atoms with E-state index in [1.54, 1.807) is 12.1 Å². The summed E-state index contributed by atoms with van der Waals surface area (Å²) in [6.45, 7) is 7.65. The molecule has 158 valence electrons. The largest absolute Gasteiger partial charge is 0.353 e. The van der Waals surface area contributed by atoms with Gasteiger partial charge in [0.2, 0.25) is 0 Å². The van der Waals surface area contributed by atoms with Gasteiger partial charge in [-0.3, -0.25) is 0 Å². The van der Waals surface area contributed by atoms with Gasteiger partial charge in [-0.2, -0.15) is 9.61 Å². The van der Waals surface area contributed by atoms with Crippen LogP contribution in [0.15, 0.2) is 54.7 Å². The van der Waals surface area contributed by atoms with E-state index in [1.807, 2.05) is 29.8 Å². The predicted octanol–water partition coefficient (Wildman–Crippen LogP) is 4.13. The molecule has 0 spiro atoms. The number of halogens is 1. The molecule has 4 aromatic rings. The molecule has 0 N–H and O–H groups in total. The molecule has 1 aliphatic heterocycles. The number of benzene rings is 1. The van der Waals surface area contributed by atoms with Crippen molar-refractivity contribution in [1.82, 2.24) is 19.6 Å². The fraction of sp³-hybridized carbons (Fsp3) is 0.292. The molecule has 0 aliphatic carbocycles. The van der Waals surface area contributed by atoms with E-state index in [1.165, 1.54) is 12.1 Å². The van der Waals surface area contributed by atoms with Crippen LogP contribution in [-0.2, 0) is 6.42 Å². The van der Waals surface area contributed by atoms with Crippen molar-refractivity contribution in [1.29, 1.82) is 0 Å². The number of hydrogen-bond donors (Lipinski definition) is 0. The summed E-state index contributed by atoms with van der Waals surface area (Å²) in [5, 5.41) is 4.92. The van der Waals surface area contributed by atoms with E-state index < -0.39 is 0 Å². The van der Waals surface area contributed by atoms with Gasteiger partial charge in [0.05, 0.1) is 5.69 Å². The number of piperazine rings is 1. The van der Waals surface area contributed by atoms with E-state index in [0.29, 0.717) is 0 Å². The summed E-state index contributed by atoms with van der Waals surface area (Å²) in [5.74, 6) is 1.82. The van der Waals surface area contributed by atoms with Crippen LogP contribution in [0.25, 0.3) is 16.8 Å². The molecule has 0 amide bonds. The minimum atomic E-state index is -0.242. The summed E-state index contributed by atoms with van der Waals surface area (Å²) >= 11 is 0. The first-order valence-corrected chi connectivity index (χ1v) is 10.7. The van der Waals surface area contributed by atoms with Crippen LogP contribution in [0.2, 0.25) is 0 Å². The number of anilines is 2. The quantitative estimate of drug-likeness (QED) is 0.501. The van der Waals surface area contributed by atoms with Crippen LogP contribution < -0.4 is 9.80 Å². The van der Waals surface area contributed by atoms with Crippen LogP contribution in [0.3, 0.4) is 0 Å². The highest BCUT2D eigenvalue weighted by molar-refractivity contribution is 5.81. The third kappa shape index (κ3) is 3.60. The number of aryl methyl sites for hydroxylation is 2. The summed E-state index contributed by atoms with van der Waals surface area (Å²) in [6, 6.07) is 14.7. The lowest BCUT2D eigenvalue weighted by atomic mass is 10.0. The highest BCUT2D eigenvalue weighted by Gasteiger charge is 2.23. The second-order valence-electron chi connectivity index (χ2n) is 7.84.